The second-order valence-electron chi connectivity index (χ2n) is 3.28. The van der Waals surface area contributed by atoms with Gasteiger partial charge in [-0.3, -0.25) is 0 Å². The van der Waals surface area contributed by atoms with Crippen molar-refractivity contribution in [2.75, 3.05) is 19.6 Å². The summed E-state index contributed by atoms with van der Waals surface area (Å²) in [5.74, 6) is 0. The normalized spacial score (nSPS) is 17.5. The number of likely N-dealkylation sites (N-methyl/N-ethyl adjacent to an activating group) is 1. The van der Waals surface area contributed by atoms with Crippen molar-refractivity contribution in [3.63, 3.8) is 0 Å². The molecule has 0 spiro atoms. The molecule has 0 amide bonds. The fourth-order valence-corrected chi connectivity index (χ4v) is 2.83. The summed E-state index contributed by atoms with van der Waals surface area (Å²) in [6.07, 6.45) is -0.217. The molecule has 2 nitrogen and oxygen atoms in total. The van der Waals surface area contributed by atoms with Gasteiger partial charge in [0.2, 0.25) is 0 Å². The molecule has 0 rings (SSSR count). The van der Waals surface area contributed by atoms with Crippen LogP contribution in [0, 0.1) is 0 Å². The third-order valence-corrected chi connectivity index (χ3v) is 5.03. The molecule has 3 heteroatoms. The first kappa shape index (κ1) is 12.7. The van der Waals surface area contributed by atoms with Crippen LogP contribution < -0.4 is 0 Å². The van der Waals surface area contributed by atoms with E-state index in [0.29, 0.717) is 4.05 Å². The SMILES string of the molecule is CC[N+](CC)(CC)C(I)C(C)O. The second-order valence-corrected chi connectivity index (χ2v) is 4.56. The van der Waals surface area contributed by atoms with Gasteiger partial charge in [-0.15, -0.1) is 0 Å². The first-order chi connectivity index (χ1) is 5.54. The molecular weight excluding hydrogens is 265 g/mol. The molecule has 12 heavy (non-hydrogen) atoms. The molecule has 0 fully saturated rings. The molecule has 1 N–H and O–H groups in total. The molecule has 0 heterocycles. The zero-order chi connectivity index (χ0) is 9.78. The van der Waals surface area contributed by atoms with E-state index in [-0.39, 0.29) is 6.10 Å². The van der Waals surface area contributed by atoms with Crippen LogP contribution >= 0.6 is 22.6 Å². The van der Waals surface area contributed by atoms with Crippen molar-refractivity contribution in [2.45, 2.75) is 37.8 Å². The summed E-state index contributed by atoms with van der Waals surface area (Å²) >= 11 is 2.37. The quantitative estimate of drug-likeness (QED) is 0.355. The van der Waals surface area contributed by atoms with Crippen LogP contribution in [0.25, 0.3) is 0 Å². The number of rotatable bonds is 5. The van der Waals surface area contributed by atoms with E-state index < -0.39 is 0 Å². The smallest absolute Gasteiger partial charge is 0.165 e. The van der Waals surface area contributed by atoms with Crippen LogP contribution in [0.3, 0.4) is 0 Å². The maximum absolute atomic E-state index is 9.53. The van der Waals surface area contributed by atoms with Gasteiger partial charge in [0.25, 0.3) is 0 Å². The number of aliphatic hydroxyl groups excluding tert-OH is 1. The maximum atomic E-state index is 9.53. The summed E-state index contributed by atoms with van der Waals surface area (Å²) in [7, 11) is 0. The molecule has 0 aliphatic carbocycles. The minimum Gasteiger partial charge on any atom is -0.386 e. The van der Waals surface area contributed by atoms with Crippen LogP contribution in [-0.4, -0.2) is 39.4 Å². The molecular formula is C9H21INO+. The third kappa shape index (κ3) is 2.57. The predicted octanol–water partition coefficient (Wildman–Crippen LogP) is 2.00. The van der Waals surface area contributed by atoms with Crippen LogP contribution in [0.1, 0.15) is 27.7 Å². The van der Waals surface area contributed by atoms with Crippen LogP contribution in [0.4, 0.5) is 0 Å². The zero-order valence-electron chi connectivity index (χ0n) is 8.55. The fourth-order valence-electron chi connectivity index (χ4n) is 1.65. The summed E-state index contributed by atoms with van der Waals surface area (Å²) in [5.41, 5.74) is 0. The van der Waals surface area contributed by atoms with E-state index in [1.807, 2.05) is 6.92 Å². The Labute approximate surface area is 89.7 Å². The number of halogens is 1. The molecule has 0 bridgehead atoms. The van der Waals surface area contributed by atoms with Crippen molar-refractivity contribution in [1.29, 1.82) is 0 Å². The Balaban J connectivity index is 4.46. The highest BCUT2D eigenvalue weighted by Crippen LogP contribution is 2.22. The first-order valence-corrected chi connectivity index (χ1v) is 5.96. The van der Waals surface area contributed by atoms with Crippen molar-refractivity contribution in [3.05, 3.63) is 0 Å². The third-order valence-electron chi connectivity index (χ3n) is 2.81. The van der Waals surface area contributed by atoms with Gasteiger partial charge in [0.15, 0.2) is 4.05 Å². The Morgan fingerprint density at radius 3 is 1.58 bits per heavy atom. The molecule has 0 aromatic heterocycles. The van der Waals surface area contributed by atoms with E-state index in [1.54, 1.807) is 0 Å². The summed E-state index contributed by atoms with van der Waals surface area (Å²) < 4.78 is 1.33. The van der Waals surface area contributed by atoms with Gasteiger partial charge in [0, 0.05) is 0 Å². The molecule has 0 radical (unpaired) electrons. The minimum atomic E-state index is -0.217. The summed E-state index contributed by atoms with van der Waals surface area (Å²) in [5, 5.41) is 9.53. The number of alkyl halides is 1. The van der Waals surface area contributed by atoms with Crippen molar-refractivity contribution >= 4 is 22.6 Å². The second kappa shape index (κ2) is 5.40. The minimum absolute atomic E-state index is 0.217. The lowest BCUT2D eigenvalue weighted by atomic mass is 10.2. The number of nitrogens with zero attached hydrogens (tertiary/aromatic N) is 1. The van der Waals surface area contributed by atoms with Crippen LogP contribution in [0.15, 0.2) is 0 Å². The van der Waals surface area contributed by atoms with Crippen LogP contribution in [0.2, 0.25) is 0 Å². The topological polar surface area (TPSA) is 20.2 Å². The van der Waals surface area contributed by atoms with E-state index in [0.717, 1.165) is 24.1 Å². The van der Waals surface area contributed by atoms with Gasteiger partial charge in [0.05, 0.1) is 19.6 Å². The van der Waals surface area contributed by atoms with Gasteiger partial charge in [-0.2, -0.15) is 0 Å². The van der Waals surface area contributed by atoms with Gasteiger partial charge < -0.3 is 9.59 Å². The standard InChI is InChI=1S/C9H21INO/c1-5-11(6-2,7-3)9(10)8(4)12/h8-9,12H,5-7H2,1-4H3/q+1. The lowest BCUT2D eigenvalue weighted by Gasteiger charge is -2.41. The van der Waals surface area contributed by atoms with Gasteiger partial charge in [-0.1, -0.05) is 0 Å². The molecule has 0 aromatic rings. The fraction of sp³-hybridized carbons (Fsp3) is 1.00. The van der Waals surface area contributed by atoms with E-state index in [4.69, 9.17) is 0 Å². The first-order valence-electron chi connectivity index (χ1n) is 4.72. The van der Waals surface area contributed by atoms with E-state index in [9.17, 15) is 5.11 Å². The van der Waals surface area contributed by atoms with Crippen molar-refractivity contribution in [1.82, 2.24) is 0 Å². The molecule has 74 valence electrons. The molecule has 2 atom stereocenters. The predicted molar refractivity (Wildman–Crippen MR) is 61.4 cm³/mol. The lowest BCUT2D eigenvalue weighted by Crippen LogP contribution is -2.56. The number of hydrogen-bond acceptors (Lipinski definition) is 1. The van der Waals surface area contributed by atoms with E-state index >= 15 is 0 Å². The highest BCUT2D eigenvalue weighted by molar-refractivity contribution is 14.1. The number of quaternary nitrogens is 1. The van der Waals surface area contributed by atoms with Crippen molar-refractivity contribution < 1.29 is 9.59 Å². The number of aliphatic hydroxyl groups is 1. The summed E-state index contributed by atoms with van der Waals surface area (Å²) in [6, 6.07) is 0. The molecule has 2 unspecified atom stereocenters. The maximum Gasteiger partial charge on any atom is 0.165 e. The Kier molecular flexibility index (Phi) is 5.69. The van der Waals surface area contributed by atoms with E-state index in [2.05, 4.69) is 43.4 Å². The van der Waals surface area contributed by atoms with Crippen LogP contribution in [-0.2, 0) is 0 Å². The lowest BCUT2D eigenvalue weighted by molar-refractivity contribution is -0.931. The average Bonchev–Trinajstić information content (AvgIpc) is 2.08. The monoisotopic (exact) mass is 286 g/mol. The van der Waals surface area contributed by atoms with Crippen molar-refractivity contribution in [2.24, 2.45) is 0 Å². The molecule has 0 saturated heterocycles. The van der Waals surface area contributed by atoms with Gasteiger partial charge in [-0.25, -0.2) is 0 Å². The Bertz CT molecular complexity index is 115. The van der Waals surface area contributed by atoms with Crippen molar-refractivity contribution in [3.8, 4) is 0 Å². The average molecular weight is 286 g/mol. The Morgan fingerprint density at radius 1 is 1.17 bits per heavy atom. The highest BCUT2D eigenvalue weighted by atomic mass is 127. The highest BCUT2D eigenvalue weighted by Gasteiger charge is 2.33. The molecule has 0 aliphatic heterocycles. The molecule has 0 aromatic carbocycles. The van der Waals surface area contributed by atoms with E-state index in [1.165, 1.54) is 0 Å². The Morgan fingerprint density at radius 2 is 1.50 bits per heavy atom. The summed E-state index contributed by atoms with van der Waals surface area (Å²) in [6.45, 7) is 11.8. The van der Waals surface area contributed by atoms with Gasteiger partial charge >= 0.3 is 0 Å². The zero-order valence-corrected chi connectivity index (χ0v) is 10.7. The summed E-state index contributed by atoms with van der Waals surface area (Å²) in [4.78, 5) is 0. The molecule has 0 saturated carbocycles. The molecule has 0 aliphatic rings. The van der Waals surface area contributed by atoms with Gasteiger partial charge in [0.1, 0.15) is 6.10 Å². The largest absolute Gasteiger partial charge is 0.386 e. The number of hydrogen-bond donors (Lipinski definition) is 1. The van der Waals surface area contributed by atoms with Gasteiger partial charge in [-0.05, 0) is 50.3 Å². The van der Waals surface area contributed by atoms with Crippen LogP contribution in [0.5, 0.6) is 0 Å². The Hall–Kier alpha value is 0.650.